The highest BCUT2D eigenvalue weighted by molar-refractivity contribution is 9.10. The van der Waals surface area contributed by atoms with Crippen molar-refractivity contribution in [2.75, 3.05) is 11.4 Å². The Hall–Kier alpha value is -1.10. The van der Waals surface area contributed by atoms with Crippen molar-refractivity contribution in [3.63, 3.8) is 0 Å². The molecule has 1 fully saturated rings. The number of nitrogens with zero attached hydrogens (tertiary/aromatic N) is 2. The third-order valence-electron chi connectivity index (χ3n) is 3.25. The van der Waals surface area contributed by atoms with Crippen molar-refractivity contribution in [3.05, 3.63) is 32.8 Å². The van der Waals surface area contributed by atoms with Crippen LogP contribution in [0, 0.1) is 10.1 Å². The zero-order valence-electron chi connectivity index (χ0n) is 9.73. The van der Waals surface area contributed by atoms with Crippen LogP contribution in [0.25, 0.3) is 0 Å². The van der Waals surface area contributed by atoms with Gasteiger partial charge in [-0.2, -0.15) is 0 Å². The zero-order valence-corrected chi connectivity index (χ0v) is 11.3. The number of halogens is 1. The molecule has 0 aromatic heterocycles. The molecule has 0 amide bonds. The van der Waals surface area contributed by atoms with E-state index in [9.17, 15) is 10.1 Å². The Kier molecular flexibility index (Phi) is 3.66. The van der Waals surface area contributed by atoms with E-state index in [4.69, 9.17) is 0 Å². The number of nitro groups is 1. The van der Waals surface area contributed by atoms with Crippen LogP contribution >= 0.6 is 15.9 Å². The van der Waals surface area contributed by atoms with Gasteiger partial charge in [0.1, 0.15) is 0 Å². The first-order valence-corrected chi connectivity index (χ1v) is 6.59. The molecule has 4 nitrogen and oxygen atoms in total. The Morgan fingerprint density at radius 1 is 1.47 bits per heavy atom. The highest BCUT2D eigenvalue weighted by atomic mass is 79.9. The molecule has 0 spiro atoms. The van der Waals surface area contributed by atoms with Gasteiger partial charge >= 0.3 is 0 Å². The SMILES string of the molecule is C[C@H]1CCCCN1c1ccc([N+](=O)[O-])cc1Br. The Bertz CT molecular complexity index is 437. The third-order valence-corrected chi connectivity index (χ3v) is 3.89. The molecule has 92 valence electrons. The van der Waals surface area contributed by atoms with Crippen LogP contribution in [0.3, 0.4) is 0 Å². The summed E-state index contributed by atoms with van der Waals surface area (Å²) in [4.78, 5) is 12.6. The molecule has 0 aliphatic carbocycles. The molecule has 1 aliphatic heterocycles. The van der Waals surface area contributed by atoms with Crippen LogP contribution < -0.4 is 4.90 Å². The van der Waals surface area contributed by atoms with E-state index in [-0.39, 0.29) is 10.6 Å². The fourth-order valence-electron chi connectivity index (χ4n) is 2.30. The second kappa shape index (κ2) is 5.04. The Morgan fingerprint density at radius 2 is 2.24 bits per heavy atom. The van der Waals surface area contributed by atoms with E-state index in [2.05, 4.69) is 27.8 Å². The molecule has 0 bridgehead atoms. The molecule has 2 rings (SSSR count). The summed E-state index contributed by atoms with van der Waals surface area (Å²) in [5, 5.41) is 10.7. The molecule has 1 atom stereocenters. The highest BCUT2D eigenvalue weighted by Gasteiger charge is 2.21. The molecule has 0 radical (unpaired) electrons. The van der Waals surface area contributed by atoms with Crippen LogP contribution in [0.2, 0.25) is 0 Å². The number of non-ortho nitro benzene ring substituents is 1. The van der Waals surface area contributed by atoms with E-state index in [0.29, 0.717) is 6.04 Å². The zero-order chi connectivity index (χ0) is 12.4. The van der Waals surface area contributed by atoms with Crippen LogP contribution in [-0.4, -0.2) is 17.5 Å². The Labute approximate surface area is 109 Å². The van der Waals surface area contributed by atoms with Gasteiger partial charge in [0.25, 0.3) is 5.69 Å². The summed E-state index contributed by atoms with van der Waals surface area (Å²) in [7, 11) is 0. The van der Waals surface area contributed by atoms with Gasteiger partial charge in [0.15, 0.2) is 0 Å². The minimum atomic E-state index is -0.367. The quantitative estimate of drug-likeness (QED) is 0.617. The number of hydrogen-bond donors (Lipinski definition) is 0. The minimum absolute atomic E-state index is 0.130. The van der Waals surface area contributed by atoms with Crippen molar-refractivity contribution in [1.29, 1.82) is 0 Å². The third kappa shape index (κ3) is 2.60. The lowest BCUT2D eigenvalue weighted by atomic mass is 10.0. The maximum atomic E-state index is 10.7. The van der Waals surface area contributed by atoms with Crippen molar-refractivity contribution in [3.8, 4) is 0 Å². The van der Waals surface area contributed by atoms with Crippen molar-refractivity contribution >= 4 is 27.3 Å². The molecule has 1 aromatic carbocycles. The maximum Gasteiger partial charge on any atom is 0.270 e. The molecule has 1 heterocycles. The second-order valence-electron chi connectivity index (χ2n) is 4.43. The summed E-state index contributed by atoms with van der Waals surface area (Å²) < 4.78 is 0.806. The van der Waals surface area contributed by atoms with Crippen molar-refractivity contribution in [2.24, 2.45) is 0 Å². The van der Waals surface area contributed by atoms with Crippen molar-refractivity contribution in [2.45, 2.75) is 32.2 Å². The van der Waals surface area contributed by atoms with E-state index in [1.54, 1.807) is 12.1 Å². The Balaban J connectivity index is 2.29. The fourth-order valence-corrected chi connectivity index (χ4v) is 2.89. The topological polar surface area (TPSA) is 46.4 Å². The van der Waals surface area contributed by atoms with Gasteiger partial charge in [-0.1, -0.05) is 0 Å². The van der Waals surface area contributed by atoms with Gasteiger partial charge < -0.3 is 4.90 Å². The molecule has 17 heavy (non-hydrogen) atoms. The number of anilines is 1. The molecule has 1 aliphatic rings. The first kappa shape index (κ1) is 12.4. The second-order valence-corrected chi connectivity index (χ2v) is 5.29. The van der Waals surface area contributed by atoms with Crippen LogP contribution in [0.5, 0.6) is 0 Å². The van der Waals surface area contributed by atoms with Gasteiger partial charge in [-0.05, 0) is 48.2 Å². The van der Waals surface area contributed by atoms with Gasteiger partial charge in [-0.15, -0.1) is 0 Å². The molecular weight excluding hydrogens is 284 g/mol. The lowest BCUT2D eigenvalue weighted by Gasteiger charge is -2.36. The molecule has 0 N–H and O–H groups in total. The summed E-state index contributed by atoms with van der Waals surface area (Å²) in [6, 6.07) is 5.49. The first-order chi connectivity index (χ1) is 8.09. The van der Waals surface area contributed by atoms with Gasteiger partial charge in [0.05, 0.1) is 10.6 Å². The lowest BCUT2D eigenvalue weighted by molar-refractivity contribution is -0.384. The number of benzene rings is 1. The van der Waals surface area contributed by atoms with Crippen LogP contribution in [0.1, 0.15) is 26.2 Å². The summed E-state index contributed by atoms with van der Waals surface area (Å²) >= 11 is 3.43. The largest absolute Gasteiger partial charge is 0.368 e. The smallest absolute Gasteiger partial charge is 0.270 e. The average molecular weight is 299 g/mol. The molecular formula is C12H15BrN2O2. The normalized spacial score (nSPS) is 20.4. The van der Waals surface area contributed by atoms with Crippen LogP contribution in [0.15, 0.2) is 22.7 Å². The van der Waals surface area contributed by atoms with E-state index < -0.39 is 0 Å². The minimum Gasteiger partial charge on any atom is -0.368 e. The summed E-state index contributed by atoms with van der Waals surface area (Å²) in [6.45, 7) is 3.23. The van der Waals surface area contributed by atoms with Gasteiger partial charge in [-0.25, -0.2) is 0 Å². The van der Waals surface area contributed by atoms with E-state index in [1.807, 2.05) is 6.07 Å². The summed E-state index contributed by atoms with van der Waals surface area (Å²) in [5.74, 6) is 0. The van der Waals surface area contributed by atoms with Crippen molar-refractivity contribution < 1.29 is 4.92 Å². The molecule has 1 saturated heterocycles. The monoisotopic (exact) mass is 298 g/mol. The molecule has 5 heteroatoms. The predicted molar refractivity (Wildman–Crippen MR) is 71.5 cm³/mol. The maximum absolute atomic E-state index is 10.7. The van der Waals surface area contributed by atoms with Crippen LogP contribution in [0.4, 0.5) is 11.4 Å². The van der Waals surface area contributed by atoms with Gasteiger partial charge in [-0.3, -0.25) is 10.1 Å². The van der Waals surface area contributed by atoms with Gasteiger partial charge in [0, 0.05) is 29.2 Å². The number of nitro benzene ring substituents is 1. The Morgan fingerprint density at radius 3 is 2.82 bits per heavy atom. The van der Waals surface area contributed by atoms with E-state index in [0.717, 1.165) is 16.7 Å². The number of piperidine rings is 1. The summed E-state index contributed by atoms with van der Waals surface area (Å²) in [6.07, 6.45) is 3.64. The molecule has 0 unspecified atom stereocenters. The first-order valence-electron chi connectivity index (χ1n) is 5.80. The highest BCUT2D eigenvalue weighted by Crippen LogP contribution is 2.33. The van der Waals surface area contributed by atoms with E-state index >= 15 is 0 Å². The van der Waals surface area contributed by atoms with Gasteiger partial charge in [0.2, 0.25) is 0 Å². The number of hydrogen-bond acceptors (Lipinski definition) is 3. The van der Waals surface area contributed by atoms with E-state index in [1.165, 1.54) is 19.3 Å². The fraction of sp³-hybridized carbons (Fsp3) is 0.500. The van der Waals surface area contributed by atoms with Crippen LogP contribution in [-0.2, 0) is 0 Å². The average Bonchev–Trinajstić information content (AvgIpc) is 2.30. The predicted octanol–water partition coefficient (Wildman–Crippen LogP) is 3.74. The molecule has 0 saturated carbocycles. The van der Waals surface area contributed by atoms with Crippen molar-refractivity contribution in [1.82, 2.24) is 0 Å². The standard InChI is InChI=1S/C12H15BrN2O2/c1-9-4-2-3-7-14(9)12-6-5-10(15(16)17)8-11(12)13/h5-6,8-9H,2-4,7H2,1H3/t9-/m0/s1. The molecule has 1 aromatic rings. The lowest BCUT2D eigenvalue weighted by Crippen LogP contribution is -2.37. The summed E-state index contributed by atoms with van der Waals surface area (Å²) in [5.41, 5.74) is 1.19. The number of rotatable bonds is 2.